The molecule has 40 heavy (non-hydrogen) atoms. The number of sulfonamides is 1. The summed E-state index contributed by atoms with van der Waals surface area (Å²) in [5.41, 5.74) is -0.0982. The van der Waals surface area contributed by atoms with Crippen molar-refractivity contribution in [3.05, 3.63) is 69.0 Å². The molecule has 2 fully saturated rings. The van der Waals surface area contributed by atoms with Crippen molar-refractivity contribution >= 4 is 39.1 Å². The van der Waals surface area contributed by atoms with Gasteiger partial charge < -0.3 is 4.90 Å². The van der Waals surface area contributed by atoms with E-state index in [-0.39, 0.29) is 31.0 Å². The van der Waals surface area contributed by atoms with Gasteiger partial charge >= 0.3 is 6.18 Å². The second-order valence-electron chi connectivity index (χ2n) is 10.3. The number of piperazine rings is 1. The number of alkyl halides is 3. The Morgan fingerprint density at radius 1 is 1.02 bits per heavy atom. The lowest BCUT2D eigenvalue weighted by Gasteiger charge is -2.33. The highest BCUT2D eigenvalue weighted by atomic mass is 35.5. The van der Waals surface area contributed by atoms with Gasteiger partial charge in [-0.2, -0.15) is 17.5 Å². The molecule has 2 heterocycles. The standard InChI is InChI=1S/C26H30Cl2F4N4O3S/c1-33(13-17-3-5-20(23(29)11-17)26(30,31)32)24-15-35(14-19(24)18-4-6-21(27)22(28)12-18)25(37)16-34-7-9-36(10-8-34)40(2,38)39/h3-6,11-12,19,24H,7-10,13-16H2,1-2H3/t19-,24+/m1/s1. The van der Waals surface area contributed by atoms with Gasteiger partial charge in [-0.05, 0) is 42.4 Å². The zero-order valence-electron chi connectivity index (χ0n) is 22.0. The predicted molar refractivity (Wildman–Crippen MR) is 145 cm³/mol. The van der Waals surface area contributed by atoms with Crippen molar-refractivity contribution in [3.8, 4) is 0 Å². The molecule has 2 aliphatic heterocycles. The van der Waals surface area contributed by atoms with Crippen LogP contribution in [0.5, 0.6) is 0 Å². The summed E-state index contributed by atoms with van der Waals surface area (Å²) in [6.07, 6.45) is -3.62. The number of nitrogens with zero attached hydrogens (tertiary/aromatic N) is 4. The summed E-state index contributed by atoms with van der Waals surface area (Å²) in [5, 5.41) is 0.744. The molecule has 0 radical (unpaired) electrons. The van der Waals surface area contributed by atoms with Gasteiger partial charge in [0.1, 0.15) is 5.82 Å². The summed E-state index contributed by atoms with van der Waals surface area (Å²) in [6.45, 7) is 2.50. The number of rotatable bonds is 7. The van der Waals surface area contributed by atoms with Gasteiger partial charge in [0.05, 0.1) is 28.4 Å². The number of amides is 1. The van der Waals surface area contributed by atoms with Crippen LogP contribution in [0.25, 0.3) is 0 Å². The first-order chi connectivity index (χ1) is 18.6. The van der Waals surface area contributed by atoms with E-state index in [2.05, 4.69) is 0 Å². The molecule has 2 aromatic carbocycles. The third kappa shape index (κ3) is 7.27. The molecule has 4 rings (SSSR count). The van der Waals surface area contributed by atoms with Crippen LogP contribution >= 0.6 is 23.2 Å². The van der Waals surface area contributed by atoms with E-state index < -0.39 is 27.6 Å². The lowest BCUT2D eigenvalue weighted by molar-refractivity contribution is -0.140. The fraction of sp³-hybridized carbons (Fsp3) is 0.500. The third-order valence-corrected chi connectivity index (χ3v) is 9.55. The SMILES string of the molecule is CN(Cc1ccc(C(F)(F)F)c(F)c1)[C@H]1CN(C(=O)CN2CCN(S(C)(=O)=O)CC2)C[C@@H]1c1ccc(Cl)c(Cl)c1. The molecule has 0 aliphatic carbocycles. The van der Waals surface area contributed by atoms with Crippen LogP contribution in [0.1, 0.15) is 22.6 Å². The Hall–Kier alpha value is -1.96. The van der Waals surface area contributed by atoms with E-state index in [0.717, 1.165) is 24.0 Å². The van der Waals surface area contributed by atoms with Crippen molar-refractivity contribution in [1.29, 1.82) is 0 Å². The van der Waals surface area contributed by atoms with Crippen molar-refractivity contribution in [2.45, 2.75) is 24.7 Å². The lowest BCUT2D eigenvalue weighted by atomic mass is 9.93. The Labute approximate surface area is 241 Å². The number of hydrogen-bond donors (Lipinski definition) is 0. The van der Waals surface area contributed by atoms with E-state index >= 15 is 0 Å². The maximum Gasteiger partial charge on any atom is 0.419 e. The maximum absolute atomic E-state index is 14.2. The monoisotopic (exact) mass is 624 g/mol. The van der Waals surface area contributed by atoms with Gasteiger partial charge in [0, 0.05) is 57.8 Å². The lowest BCUT2D eigenvalue weighted by Crippen LogP contribution is -2.51. The van der Waals surface area contributed by atoms with Crippen LogP contribution in [-0.4, -0.2) is 98.5 Å². The van der Waals surface area contributed by atoms with Gasteiger partial charge in [0.25, 0.3) is 0 Å². The zero-order valence-corrected chi connectivity index (χ0v) is 24.3. The normalized spacial score (nSPS) is 21.4. The highest BCUT2D eigenvalue weighted by Crippen LogP contribution is 2.36. The molecule has 0 N–H and O–H groups in total. The zero-order chi connectivity index (χ0) is 29.4. The first-order valence-electron chi connectivity index (χ1n) is 12.6. The van der Waals surface area contributed by atoms with Crippen molar-refractivity contribution in [2.75, 3.05) is 59.1 Å². The smallest absolute Gasteiger partial charge is 0.339 e. The minimum atomic E-state index is -4.78. The van der Waals surface area contributed by atoms with Crippen LogP contribution in [-0.2, 0) is 27.5 Å². The van der Waals surface area contributed by atoms with Crippen molar-refractivity contribution < 1.29 is 30.8 Å². The summed E-state index contributed by atoms with van der Waals surface area (Å²) in [6, 6.07) is 7.89. The highest BCUT2D eigenvalue weighted by Gasteiger charge is 2.39. The number of hydrogen-bond acceptors (Lipinski definition) is 5. The third-order valence-electron chi connectivity index (χ3n) is 7.51. The molecule has 0 aromatic heterocycles. The molecule has 0 spiro atoms. The van der Waals surface area contributed by atoms with Crippen LogP contribution in [0.4, 0.5) is 17.6 Å². The maximum atomic E-state index is 14.2. The second kappa shape index (κ2) is 12.1. The van der Waals surface area contributed by atoms with Gasteiger partial charge in [-0.25, -0.2) is 12.8 Å². The molecule has 0 bridgehead atoms. The topological polar surface area (TPSA) is 64.2 Å². The molecule has 2 aromatic rings. The van der Waals surface area contributed by atoms with Crippen molar-refractivity contribution in [1.82, 2.24) is 19.0 Å². The molecule has 2 aliphatic rings. The second-order valence-corrected chi connectivity index (χ2v) is 13.1. The summed E-state index contributed by atoms with van der Waals surface area (Å²) in [7, 11) is -1.51. The van der Waals surface area contributed by atoms with Crippen LogP contribution in [0.15, 0.2) is 36.4 Å². The molecule has 14 heteroatoms. The van der Waals surface area contributed by atoms with Gasteiger partial charge in [0.2, 0.25) is 15.9 Å². The van der Waals surface area contributed by atoms with E-state index in [1.165, 1.54) is 10.4 Å². The van der Waals surface area contributed by atoms with E-state index in [9.17, 15) is 30.8 Å². The van der Waals surface area contributed by atoms with E-state index in [0.29, 0.717) is 54.9 Å². The molecule has 0 saturated carbocycles. The number of likely N-dealkylation sites (tertiary alicyclic amines) is 1. The fourth-order valence-corrected chi connectivity index (χ4v) is 6.44. The van der Waals surface area contributed by atoms with Crippen LogP contribution in [0.3, 0.4) is 0 Å². The summed E-state index contributed by atoms with van der Waals surface area (Å²) in [5.74, 6) is -1.64. The molecule has 220 valence electrons. The molecule has 0 unspecified atom stereocenters. The minimum absolute atomic E-state index is 0.116. The average molecular weight is 626 g/mol. The van der Waals surface area contributed by atoms with Crippen molar-refractivity contribution in [2.24, 2.45) is 0 Å². The summed E-state index contributed by atoms with van der Waals surface area (Å²) in [4.78, 5) is 18.9. The molecular weight excluding hydrogens is 595 g/mol. The summed E-state index contributed by atoms with van der Waals surface area (Å²) < 4.78 is 78.2. The Morgan fingerprint density at radius 2 is 1.70 bits per heavy atom. The number of likely N-dealkylation sites (N-methyl/N-ethyl adjacent to an activating group) is 1. The van der Waals surface area contributed by atoms with Gasteiger partial charge in [-0.3, -0.25) is 14.6 Å². The van der Waals surface area contributed by atoms with Crippen LogP contribution in [0.2, 0.25) is 10.0 Å². The van der Waals surface area contributed by atoms with Crippen LogP contribution < -0.4 is 0 Å². The number of benzene rings is 2. The largest absolute Gasteiger partial charge is 0.419 e. The summed E-state index contributed by atoms with van der Waals surface area (Å²) >= 11 is 12.4. The molecule has 2 atom stereocenters. The predicted octanol–water partition coefficient (Wildman–Crippen LogP) is 4.15. The number of carbonyl (C=O) groups excluding carboxylic acids is 1. The molecule has 1 amide bonds. The Kier molecular flexibility index (Phi) is 9.38. The number of carbonyl (C=O) groups is 1. The first kappa shape index (κ1) is 31.0. The molecule has 7 nitrogen and oxygen atoms in total. The Bertz CT molecular complexity index is 1350. The Morgan fingerprint density at radius 3 is 2.27 bits per heavy atom. The van der Waals surface area contributed by atoms with E-state index in [1.807, 2.05) is 15.9 Å². The Balaban J connectivity index is 1.50. The van der Waals surface area contributed by atoms with Gasteiger partial charge in [-0.15, -0.1) is 0 Å². The van der Waals surface area contributed by atoms with Gasteiger partial charge in [-0.1, -0.05) is 35.3 Å². The quantitative estimate of drug-likeness (QED) is 0.433. The van der Waals surface area contributed by atoms with E-state index in [4.69, 9.17) is 23.2 Å². The fourth-order valence-electron chi connectivity index (χ4n) is 5.31. The minimum Gasteiger partial charge on any atom is -0.339 e. The van der Waals surface area contributed by atoms with Crippen LogP contribution in [0, 0.1) is 5.82 Å². The number of halogens is 6. The first-order valence-corrected chi connectivity index (χ1v) is 15.2. The molecule has 2 saturated heterocycles. The average Bonchev–Trinajstić information content (AvgIpc) is 3.31. The highest BCUT2D eigenvalue weighted by molar-refractivity contribution is 7.88. The molecular formula is C26H30Cl2F4N4O3S. The van der Waals surface area contributed by atoms with E-state index in [1.54, 1.807) is 24.1 Å². The van der Waals surface area contributed by atoms with Gasteiger partial charge in [0.15, 0.2) is 0 Å². The van der Waals surface area contributed by atoms with Crippen molar-refractivity contribution in [3.63, 3.8) is 0 Å².